The van der Waals surface area contributed by atoms with Gasteiger partial charge in [-0.2, -0.15) is 0 Å². The zero-order chi connectivity index (χ0) is 14.1. The van der Waals surface area contributed by atoms with Crippen LogP contribution in [0.5, 0.6) is 0 Å². The molecule has 3 unspecified atom stereocenters. The molecule has 4 nitrogen and oxygen atoms in total. The minimum atomic E-state index is 0.240. The Morgan fingerprint density at radius 1 is 1.20 bits per heavy atom. The lowest BCUT2D eigenvalue weighted by Gasteiger charge is -2.29. The predicted molar refractivity (Wildman–Crippen MR) is 80.4 cm³/mol. The van der Waals surface area contributed by atoms with Crippen LogP contribution in [0.1, 0.15) is 39.5 Å². The Hall–Kier alpha value is -0.610. The Bertz CT molecular complexity index is 352. The zero-order valence-electron chi connectivity index (χ0n) is 12.9. The van der Waals surface area contributed by atoms with Gasteiger partial charge in [-0.3, -0.25) is 9.69 Å². The fraction of sp³-hybridized carbons (Fsp3) is 0.938. The summed E-state index contributed by atoms with van der Waals surface area (Å²) in [5, 5.41) is 6.73. The van der Waals surface area contributed by atoms with E-state index in [9.17, 15) is 4.79 Å². The van der Waals surface area contributed by atoms with Crippen LogP contribution in [-0.2, 0) is 4.79 Å². The monoisotopic (exact) mass is 279 g/mol. The number of rotatable bonds is 3. The fourth-order valence-electron chi connectivity index (χ4n) is 4.33. The lowest BCUT2D eigenvalue weighted by atomic mass is 9.87. The largest absolute Gasteiger partial charge is 0.352 e. The summed E-state index contributed by atoms with van der Waals surface area (Å²) in [6.07, 6.45) is 4.86. The number of hydrogen-bond donors (Lipinski definition) is 2. The highest BCUT2D eigenvalue weighted by Crippen LogP contribution is 2.32. The molecule has 3 rings (SSSR count). The van der Waals surface area contributed by atoms with Crippen LogP contribution < -0.4 is 10.6 Å². The number of carbonyl (C=O) groups is 1. The molecule has 3 aliphatic rings. The molecule has 3 fully saturated rings. The number of nitrogens with one attached hydrogen (secondary N) is 2. The molecule has 0 spiro atoms. The molecule has 0 aromatic heterocycles. The minimum absolute atomic E-state index is 0.240. The third-order valence-electron chi connectivity index (χ3n) is 5.78. The van der Waals surface area contributed by atoms with Crippen LogP contribution >= 0.6 is 0 Å². The van der Waals surface area contributed by atoms with Crippen molar-refractivity contribution in [3.8, 4) is 0 Å². The second-order valence-electron chi connectivity index (χ2n) is 7.28. The first kappa shape index (κ1) is 14.3. The van der Waals surface area contributed by atoms with E-state index in [0.717, 1.165) is 50.2 Å². The lowest BCUT2D eigenvalue weighted by Crippen LogP contribution is -2.45. The molecular weight excluding hydrogens is 250 g/mol. The van der Waals surface area contributed by atoms with Gasteiger partial charge in [0.05, 0.1) is 6.54 Å². The highest BCUT2D eigenvalue weighted by molar-refractivity contribution is 5.78. The van der Waals surface area contributed by atoms with Crippen LogP contribution in [0.15, 0.2) is 0 Å². The number of amides is 1. The molecule has 4 heteroatoms. The summed E-state index contributed by atoms with van der Waals surface area (Å²) in [6.45, 7) is 8.55. The van der Waals surface area contributed by atoms with Gasteiger partial charge in [0.25, 0.3) is 0 Å². The Labute approximate surface area is 122 Å². The molecule has 0 aromatic carbocycles. The third kappa shape index (κ3) is 3.01. The first-order chi connectivity index (χ1) is 9.63. The molecular formula is C16H29N3O. The summed E-state index contributed by atoms with van der Waals surface area (Å²) < 4.78 is 0. The van der Waals surface area contributed by atoms with Crippen molar-refractivity contribution in [2.75, 3.05) is 26.2 Å². The van der Waals surface area contributed by atoms with E-state index < -0.39 is 0 Å². The number of fused-ring (bicyclic) bond motifs is 1. The van der Waals surface area contributed by atoms with Crippen LogP contribution in [0.2, 0.25) is 0 Å². The van der Waals surface area contributed by atoms with Gasteiger partial charge in [-0.1, -0.05) is 6.92 Å². The van der Waals surface area contributed by atoms with Gasteiger partial charge < -0.3 is 10.6 Å². The van der Waals surface area contributed by atoms with Gasteiger partial charge in [-0.05, 0) is 63.5 Å². The smallest absolute Gasteiger partial charge is 0.234 e. The van der Waals surface area contributed by atoms with Crippen LogP contribution in [0.4, 0.5) is 0 Å². The summed E-state index contributed by atoms with van der Waals surface area (Å²) in [4.78, 5) is 14.6. The van der Waals surface area contributed by atoms with Crippen molar-refractivity contribution in [1.29, 1.82) is 0 Å². The van der Waals surface area contributed by atoms with Gasteiger partial charge in [0.2, 0.25) is 5.91 Å². The summed E-state index contributed by atoms with van der Waals surface area (Å²) in [6, 6.07) is 0.977. The van der Waals surface area contributed by atoms with E-state index in [-0.39, 0.29) is 5.91 Å². The summed E-state index contributed by atoms with van der Waals surface area (Å²) in [7, 11) is 0. The van der Waals surface area contributed by atoms with Crippen molar-refractivity contribution in [3.63, 3.8) is 0 Å². The predicted octanol–water partition coefficient (Wildman–Crippen LogP) is 1.22. The van der Waals surface area contributed by atoms with Gasteiger partial charge in [0.1, 0.15) is 0 Å². The molecule has 0 bridgehead atoms. The van der Waals surface area contributed by atoms with Crippen molar-refractivity contribution < 1.29 is 4.79 Å². The van der Waals surface area contributed by atoms with Crippen molar-refractivity contribution in [3.05, 3.63) is 0 Å². The average molecular weight is 279 g/mol. The summed E-state index contributed by atoms with van der Waals surface area (Å²) >= 11 is 0. The molecule has 0 aromatic rings. The maximum Gasteiger partial charge on any atom is 0.234 e. The quantitative estimate of drug-likeness (QED) is 0.816. The van der Waals surface area contributed by atoms with Crippen molar-refractivity contribution in [2.45, 2.75) is 51.6 Å². The number of carbonyl (C=O) groups excluding carboxylic acids is 1. The van der Waals surface area contributed by atoms with E-state index in [4.69, 9.17) is 0 Å². The highest BCUT2D eigenvalue weighted by Gasteiger charge is 2.42. The first-order valence-electron chi connectivity index (χ1n) is 8.37. The molecule has 2 heterocycles. The van der Waals surface area contributed by atoms with Gasteiger partial charge in [-0.25, -0.2) is 0 Å². The Kier molecular flexibility index (Phi) is 4.32. The second kappa shape index (κ2) is 6.02. The summed E-state index contributed by atoms with van der Waals surface area (Å²) in [5.74, 6) is 2.59. The van der Waals surface area contributed by atoms with Crippen LogP contribution in [-0.4, -0.2) is 49.1 Å². The molecule has 1 amide bonds. The maximum atomic E-state index is 12.2. The van der Waals surface area contributed by atoms with E-state index in [0.29, 0.717) is 18.6 Å². The number of likely N-dealkylation sites (tertiary alicyclic amines) is 1. The number of nitrogens with zero attached hydrogens (tertiary/aromatic N) is 1. The van der Waals surface area contributed by atoms with Crippen molar-refractivity contribution >= 4 is 5.91 Å². The Balaban J connectivity index is 1.45. The van der Waals surface area contributed by atoms with Crippen LogP contribution in [0, 0.1) is 17.8 Å². The molecule has 114 valence electrons. The number of hydrogen-bond acceptors (Lipinski definition) is 3. The minimum Gasteiger partial charge on any atom is -0.352 e. The van der Waals surface area contributed by atoms with E-state index in [1.165, 1.54) is 12.8 Å². The van der Waals surface area contributed by atoms with E-state index in [1.54, 1.807) is 0 Å². The Morgan fingerprint density at radius 3 is 2.65 bits per heavy atom. The lowest BCUT2D eigenvalue weighted by molar-refractivity contribution is -0.123. The van der Waals surface area contributed by atoms with Crippen LogP contribution in [0.3, 0.4) is 0 Å². The van der Waals surface area contributed by atoms with E-state index in [1.807, 2.05) is 0 Å². The molecule has 2 aliphatic heterocycles. The van der Waals surface area contributed by atoms with E-state index in [2.05, 4.69) is 29.4 Å². The third-order valence-corrected chi connectivity index (χ3v) is 5.78. The SMILES string of the molecule is CC1CCC(NC(=O)CN2CC3CNCC3C2C)CC1. The van der Waals surface area contributed by atoms with E-state index >= 15 is 0 Å². The normalized spacial score (nSPS) is 41.6. The fourth-order valence-corrected chi connectivity index (χ4v) is 4.33. The first-order valence-corrected chi connectivity index (χ1v) is 8.37. The standard InChI is InChI=1S/C16H29N3O/c1-11-3-5-14(6-4-11)18-16(20)10-19-9-13-7-17-8-15(13)12(19)2/h11-15,17H,3-10H2,1-2H3,(H,18,20). The molecule has 20 heavy (non-hydrogen) atoms. The second-order valence-corrected chi connectivity index (χ2v) is 7.28. The van der Waals surface area contributed by atoms with Gasteiger partial charge in [0, 0.05) is 18.6 Å². The molecule has 1 saturated carbocycles. The maximum absolute atomic E-state index is 12.2. The Morgan fingerprint density at radius 2 is 1.95 bits per heavy atom. The van der Waals surface area contributed by atoms with Crippen molar-refractivity contribution in [2.24, 2.45) is 17.8 Å². The van der Waals surface area contributed by atoms with Crippen LogP contribution in [0.25, 0.3) is 0 Å². The zero-order valence-corrected chi connectivity index (χ0v) is 12.9. The molecule has 0 radical (unpaired) electrons. The molecule has 3 atom stereocenters. The average Bonchev–Trinajstić information content (AvgIpc) is 2.97. The topological polar surface area (TPSA) is 44.4 Å². The highest BCUT2D eigenvalue weighted by atomic mass is 16.2. The van der Waals surface area contributed by atoms with Gasteiger partial charge in [-0.15, -0.1) is 0 Å². The summed E-state index contributed by atoms with van der Waals surface area (Å²) in [5.41, 5.74) is 0. The molecule has 2 N–H and O–H groups in total. The van der Waals surface area contributed by atoms with Gasteiger partial charge in [0.15, 0.2) is 0 Å². The van der Waals surface area contributed by atoms with Gasteiger partial charge >= 0.3 is 0 Å². The molecule has 2 saturated heterocycles. The van der Waals surface area contributed by atoms with Crippen molar-refractivity contribution in [1.82, 2.24) is 15.5 Å². The molecule has 1 aliphatic carbocycles.